The average Bonchev–Trinajstić information content (AvgIpc) is 2.91. The predicted molar refractivity (Wildman–Crippen MR) is 82.5 cm³/mol. The van der Waals surface area contributed by atoms with Crippen LogP contribution < -0.4 is 5.63 Å². The molecule has 0 fully saturated rings. The smallest absolute Gasteiger partial charge is 0.336 e. The van der Waals surface area contributed by atoms with Gasteiger partial charge in [-0.2, -0.15) is 0 Å². The fourth-order valence-electron chi connectivity index (χ4n) is 2.99. The maximum Gasteiger partial charge on any atom is 0.336 e. The first-order valence-corrected chi connectivity index (χ1v) is 7.48. The standard InChI is InChI=1S/C17H21NO3/c1-11(10-19)18(2)9-14-8-17(20)21-16-7-13-5-3-4-12(13)6-15(14)16/h6-8,11,19H,3-5,9-10H2,1-2H3/t11-/m1/s1. The molecular formula is C17H21NO3. The highest BCUT2D eigenvalue weighted by Crippen LogP contribution is 2.29. The Balaban J connectivity index is 2.07. The van der Waals surface area contributed by atoms with E-state index in [0.717, 1.165) is 23.8 Å². The van der Waals surface area contributed by atoms with Gasteiger partial charge in [-0.15, -0.1) is 0 Å². The van der Waals surface area contributed by atoms with E-state index >= 15 is 0 Å². The maximum atomic E-state index is 11.8. The van der Waals surface area contributed by atoms with Gasteiger partial charge >= 0.3 is 5.63 Å². The Bertz CT molecular complexity index is 720. The molecule has 0 saturated heterocycles. The number of aliphatic hydroxyl groups is 1. The molecule has 1 aliphatic rings. The lowest BCUT2D eigenvalue weighted by atomic mass is 10.0. The van der Waals surface area contributed by atoms with Gasteiger partial charge in [0.2, 0.25) is 0 Å². The molecule has 112 valence electrons. The van der Waals surface area contributed by atoms with Crippen molar-refractivity contribution in [2.75, 3.05) is 13.7 Å². The lowest BCUT2D eigenvalue weighted by Crippen LogP contribution is -2.31. The molecule has 0 spiro atoms. The first kappa shape index (κ1) is 14.3. The summed E-state index contributed by atoms with van der Waals surface area (Å²) in [4.78, 5) is 13.8. The highest BCUT2D eigenvalue weighted by atomic mass is 16.4. The second-order valence-electron chi connectivity index (χ2n) is 6.01. The molecule has 21 heavy (non-hydrogen) atoms. The van der Waals surface area contributed by atoms with Gasteiger partial charge in [0.1, 0.15) is 5.58 Å². The molecule has 1 N–H and O–H groups in total. The van der Waals surface area contributed by atoms with Crippen molar-refractivity contribution in [3.63, 3.8) is 0 Å². The lowest BCUT2D eigenvalue weighted by Gasteiger charge is -2.23. The largest absolute Gasteiger partial charge is 0.423 e. The van der Waals surface area contributed by atoms with Gasteiger partial charge in [-0.25, -0.2) is 4.79 Å². The Labute approximate surface area is 124 Å². The molecule has 0 amide bonds. The number of likely N-dealkylation sites (N-methyl/N-ethyl adjacent to an activating group) is 1. The molecule has 0 bridgehead atoms. The summed E-state index contributed by atoms with van der Waals surface area (Å²) in [5.41, 5.74) is 4.03. The van der Waals surface area contributed by atoms with Crippen LogP contribution in [0, 0.1) is 0 Å². The molecule has 4 heteroatoms. The van der Waals surface area contributed by atoms with Crippen molar-refractivity contribution < 1.29 is 9.52 Å². The minimum absolute atomic E-state index is 0.0572. The first-order valence-electron chi connectivity index (χ1n) is 7.48. The Morgan fingerprint density at radius 2 is 2.00 bits per heavy atom. The van der Waals surface area contributed by atoms with Crippen molar-refractivity contribution in [1.82, 2.24) is 4.90 Å². The molecule has 0 radical (unpaired) electrons. The van der Waals surface area contributed by atoms with Crippen molar-refractivity contribution in [2.45, 2.75) is 38.8 Å². The molecule has 2 aromatic rings. The highest BCUT2D eigenvalue weighted by molar-refractivity contribution is 5.82. The van der Waals surface area contributed by atoms with Gasteiger partial charge in [-0.3, -0.25) is 4.90 Å². The van der Waals surface area contributed by atoms with E-state index in [9.17, 15) is 9.90 Å². The van der Waals surface area contributed by atoms with E-state index in [2.05, 4.69) is 6.07 Å². The molecule has 1 heterocycles. The fraction of sp³-hybridized carbons (Fsp3) is 0.471. The lowest BCUT2D eigenvalue weighted by molar-refractivity contribution is 0.154. The number of aryl methyl sites for hydroxylation is 2. The van der Waals surface area contributed by atoms with E-state index in [1.54, 1.807) is 6.07 Å². The number of rotatable bonds is 4. The van der Waals surface area contributed by atoms with Gasteiger partial charge in [0.25, 0.3) is 0 Å². The van der Waals surface area contributed by atoms with Crippen molar-refractivity contribution in [3.05, 3.63) is 45.3 Å². The number of fused-ring (bicyclic) bond motifs is 2. The molecule has 1 aliphatic carbocycles. The van der Waals surface area contributed by atoms with Crippen LogP contribution in [0.15, 0.2) is 27.4 Å². The second kappa shape index (κ2) is 5.62. The van der Waals surface area contributed by atoms with Crippen molar-refractivity contribution >= 4 is 11.0 Å². The van der Waals surface area contributed by atoms with Crippen molar-refractivity contribution in [3.8, 4) is 0 Å². The summed E-state index contributed by atoms with van der Waals surface area (Å²) >= 11 is 0. The van der Waals surface area contributed by atoms with Crippen molar-refractivity contribution in [2.24, 2.45) is 0 Å². The Hall–Kier alpha value is -1.65. The van der Waals surface area contributed by atoms with E-state index in [4.69, 9.17) is 4.42 Å². The van der Waals surface area contributed by atoms with Crippen LogP contribution in [-0.2, 0) is 19.4 Å². The first-order chi connectivity index (χ1) is 10.1. The minimum atomic E-state index is -0.305. The van der Waals surface area contributed by atoms with E-state index in [0.29, 0.717) is 12.1 Å². The van der Waals surface area contributed by atoms with Gasteiger partial charge in [-0.1, -0.05) is 0 Å². The van der Waals surface area contributed by atoms with Gasteiger partial charge in [0.05, 0.1) is 6.61 Å². The van der Waals surface area contributed by atoms with Crippen LogP contribution in [0.2, 0.25) is 0 Å². The van der Waals surface area contributed by atoms with Gasteiger partial charge < -0.3 is 9.52 Å². The quantitative estimate of drug-likeness (QED) is 0.875. The van der Waals surface area contributed by atoms with Gasteiger partial charge in [-0.05, 0) is 62.1 Å². The third-order valence-corrected chi connectivity index (χ3v) is 4.48. The summed E-state index contributed by atoms with van der Waals surface area (Å²) in [7, 11) is 1.95. The maximum absolute atomic E-state index is 11.8. The molecule has 1 aromatic heterocycles. The Kier molecular flexibility index (Phi) is 3.83. The molecule has 0 aliphatic heterocycles. The third kappa shape index (κ3) is 2.74. The predicted octanol–water partition coefficient (Wildman–Crippen LogP) is 2.09. The van der Waals surface area contributed by atoms with E-state index in [1.807, 2.05) is 24.9 Å². The fourth-order valence-corrected chi connectivity index (χ4v) is 2.99. The molecule has 0 unspecified atom stereocenters. The van der Waals surface area contributed by atoms with Gasteiger partial charge in [0, 0.05) is 24.0 Å². The molecule has 0 saturated carbocycles. The van der Waals surface area contributed by atoms with E-state index in [-0.39, 0.29) is 18.3 Å². The monoisotopic (exact) mass is 287 g/mol. The van der Waals surface area contributed by atoms with Crippen LogP contribution in [-0.4, -0.2) is 29.7 Å². The van der Waals surface area contributed by atoms with E-state index in [1.165, 1.54) is 17.5 Å². The van der Waals surface area contributed by atoms with Crippen LogP contribution in [0.25, 0.3) is 11.0 Å². The molecular weight excluding hydrogens is 266 g/mol. The van der Waals surface area contributed by atoms with Crippen molar-refractivity contribution in [1.29, 1.82) is 0 Å². The number of hydrogen-bond acceptors (Lipinski definition) is 4. The summed E-state index contributed by atoms with van der Waals surface area (Å²) in [6.07, 6.45) is 3.35. The second-order valence-corrected chi connectivity index (χ2v) is 6.01. The summed E-state index contributed by atoms with van der Waals surface area (Å²) in [6.45, 7) is 2.69. The van der Waals surface area contributed by atoms with Gasteiger partial charge in [0.15, 0.2) is 0 Å². The SMILES string of the molecule is C[C@H](CO)N(C)Cc1cc(=O)oc2cc3c(cc12)CCC3. The number of aliphatic hydroxyl groups excluding tert-OH is 1. The molecule has 3 rings (SSSR count). The molecule has 1 aromatic carbocycles. The zero-order chi connectivity index (χ0) is 15.0. The van der Waals surface area contributed by atoms with Crippen LogP contribution in [0.1, 0.15) is 30.0 Å². The zero-order valence-corrected chi connectivity index (χ0v) is 12.6. The average molecular weight is 287 g/mol. The summed E-state index contributed by atoms with van der Waals surface area (Å²) in [5, 5.41) is 10.3. The zero-order valence-electron chi connectivity index (χ0n) is 12.6. The number of benzene rings is 1. The van der Waals surface area contributed by atoms with Crippen LogP contribution >= 0.6 is 0 Å². The normalized spacial score (nSPS) is 15.6. The number of nitrogens with zero attached hydrogens (tertiary/aromatic N) is 1. The van der Waals surface area contributed by atoms with Crippen LogP contribution in [0.4, 0.5) is 0 Å². The highest BCUT2D eigenvalue weighted by Gasteiger charge is 2.16. The summed E-state index contributed by atoms with van der Waals surface area (Å²) < 4.78 is 5.37. The molecule has 1 atom stereocenters. The summed E-state index contributed by atoms with van der Waals surface area (Å²) in [5.74, 6) is 0. The molecule has 4 nitrogen and oxygen atoms in total. The topological polar surface area (TPSA) is 53.7 Å². The minimum Gasteiger partial charge on any atom is -0.423 e. The van der Waals surface area contributed by atoms with Crippen LogP contribution in [0.5, 0.6) is 0 Å². The van der Waals surface area contributed by atoms with Crippen LogP contribution in [0.3, 0.4) is 0 Å². The summed E-state index contributed by atoms with van der Waals surface area (Å²) in [6, 6.07) is 5.83. The Morgan fingerprint density at radius 1 is 1.29 bits per heavy atom. The Morgan fingerprint density at radius 3 is 2.71 bits per heavy atom. The van der Waals surface area contributed by atoms with E-state index < -0.39 is 0 Å². The third-order valence-electron chi connectivity index (χ3n) is 4.48. The number of hydrogen-bond donors (Lipinski definition) is 1.